The maximum atomic E-state index is 12.2. The van der Waals surface area contributed by atoms with Crippen molar-refractivity contribution in [3.8, 4) is 0 Å². The number of carboxylic acids is 1. The van der Waals surface area contributed by atoms with E-state index >= 15 is 0 Å². The Labute approximate surface area is 165 Å². The van der Waals surface area contributed by atoms with Gasteiger partial charge in [-0.2, -0.15) is 0 Å². The molecule has 4 saturated carbocycles. The van der Waals surface area contributed by atoms with Crippen LogP contribution in [0.5, 0.6) is 0 Å². The van der Waals surface area contributed by atoms with Gasteiger partial charge in [-0.1, -0.05) is 25.0 Å². The molecule has 0 unspecified atom stereocenters. The third kappa shape index (κ3) is 1.78. The van der Waals surface area contributed by atoms with Crippen molar-refractivity contribution in [2.45, 2.75) is 88.9 Å². The van der Waals surface area contributed by atoms with Crippen molar-refractivity contribution < 1.29 is 24.5 Å². The minimum atomic E-state index is -0.906. The summed E-state index contributed by atoms with van der Waals surface area (Å²) in [5.41, 5.74) is 1.57. The Morgan fingerprint density at radius 2 is 2.07 bits per heavy atom. The van der Waals surface area contributed by atoms with E-state index in [9.17, 15) is 19.8 Å². The van der Waals surface area contributed by atoms with Crippen molar-refractivity contribution in [1.82, 2.24) is 0 Å². The number of carboxylic acid groups (broad SMARTS) is 1. The van der Waals surface area contributed by atoms with E-state index in [1.165, 1.54) is 11.1 Å². The first-order chi connectivity index (χ1) is 13.2. The van der Waals surface area contributed by atoms with Gasteiger partial charge in [0.1, 0.15) is 11.4 Å². The molecule has 0 aromatic rings. The number of aliphatic hydroxyl groups is 1. The topological polar surface area (TPSA) is 87.1 Å². The molecule has 28 heavy (non-hydrogen) atoms. The molecule has 5 aliphatic carbocycles. The molecule has 1 saturated heterocycles. The second-order valence-corrected chi connectivity index (χ2v) is 11.0. The molecule has 0 bridgehead atoms. The highest BCUT2D eigenvalue weighted by Gasteiger charge is 2.83. The Morgan fingerprint density at radius 3 is 2.82 bits per heavy atom. The summed E-state index contributed by atoms with van der Waals surface area (Å²) >= 11 is 0. The average molecular weight is 386 g/mol. The Hall–Kier alpha value is -1.20. The van der Waals surface area contributed by atoms with Crippen LogP contribution in [0, 0.1) is 28.6 Å². The molecule has 6 rings (SSSR count). The number of Topliss-reactive ketones (excluding diaryl/α,β-unsaturated/α-hetero) is 1. The third-order valence-corrected chi connectivity index (χ3v) is 10.2. The molecule has 5 nitrogen and oxygen atoms in total. The lowest BCUT2D eigenvalue weighted by atomic mass is 9.46. The van der Waals surface area contributed by atoms with Gasteiger partial charge in [0.2, 0.25) is 0 Å². The molecule has 2 N–H and O–H groups in total. The van der Waals surface area contributed by atoms with Gasteiger partial charge in [0.05, 0.1) is 11.7 Å². The standard InChI is InChI=1S/C23H30O5/c1-20-6-3-12(24)9-16(20)13-10-14(13)19-15-4-7-22(27,8-5-18(25)26)21(15,2)11-17-23(19,20)28-17/h14-15,17,19,27H,3-11H2,1-2H3,(H,25,26)/t14-,15-,17+,19-,20-,21-,22+,23+/m0/s1. The van der Waals surface area contributed by atoms with E-state index in [1.54, 1.807) is 0 Å². The minimum Gasteiger partial charge on any atom is -0.481 e. The fourth-order valence-corrected chi connectivity index (χ4v) is 8.58. The van der Waals surface area contributed by atoms with Crippen molar-refractivity contribution in [3.63, 3.8) is 0 Å². The molecule has 1 heterocycles. The van der Waals surface area contributed by atoms with Gasteiger partial charge < -0.3 is 14.9 Å². The first-order valence-electron chi connectivity index (χ1n) is 11.0. The zero-order valence-electron chi connectivity index (χ0n) is 16.8. The van der Waals surface area contributed by atoms with Crippen molar-refractivity contribution in [3.05, 3.63) is 11.1 Å². The number of allylic oxidation sites excluding steroid dienone is 1. The fraction of sp³-hybridized carbons (Fsp3) is 0.826. The lowest BCUT2D eigenvalue weighted by molar-refractivity contribution is -0.143. The van der Waals surface area contributed by atoms with Crippen LogP contribution in [-0.2, 0) is 14.3 Å². The maximum absolute atomic E-state index is 12.2. The molecule has 1 spiro atoms. The predicted octanol–water partition coefficient (Wildman–Crippen LogP) is 3.25. The molecule has 0 aromatic carbocycles. The lowest BCUT2D eigenvalue weighted by Gasteiger charge is -2.56. The normalized spacial score (nSPS) is 55.6. The number of ketones is 1. The number of rotatable bonds is 3. The summed E-state index contributed by atoms with van der Waals surface area (Å²) in [4.78, 5) is 23.4. The molecule has 5 fully saturated rings. The van der Waals surface area contributed by atoms with Gasteiger partial charge in [0.15, 0.2) is 0 Å². The summed E-state index contributed by atoms with van der Waals surface area (Å²) in [5.74, 6) is 0.866. The molecular weight excluding hydrogens is 356 g/mol. The van der Waals surface area contributed by atoms with Gasteiger partial charge in [-0.05, 0) is 50.4 Å². The number of ether oxygens (including phenoxy) is 1. The molecule has 0 amide bonds. The molecule has 5 heteroatoms. The second kappa shape index (κ2) is 4.92. The summed E-state index contributed by atoms with van der Waals surface area (Å²) in [7, 11) is 0. The molecule has 1 aliphatic heterocycles. The molecule has 152 valence electrons. The SMILES string of the molecule is C[C@]12CCC(=O)CC1=C1C[C@@H]1[C@H]1[C@@H]3CC[C@@](O)(CCC(=O)O)[C@@]3(C)C[C@H]3O[C@@]132. The fourth-order valence-electron chi connectivity index (χ4n) is 8.58. The minimum absolute atomic E-state index is 0.0261. The number of carbonyl (C=O) groups excluding carboxylic acids is 1. The summed E-state index contributed by atoms with van der Waals surface area (Å²) in [6, 6.07) is 0. The van der Waals surface area contributed by atoms with E-state index < -0.39 is 11.6 Å². The first kappa shape index (κ1) is 17.6. The highest BCUT2D eigenvalue weighted by atomic mass is 16.6. The highest BCUT2D eigenvalue weighted by Crippen LogP contribution is 2.81. The van der Waals surface area contributed by atoms with E-state index in [-0.39, 0.29) is 29.0 Å². The van der Waals surface area contributed by atoms with Gasteiger partial charge in [-0.3, -0.25) is 9.59 Å². The smallest absolute Gasteiger partial charge is 0.303 e. The molecule has 0 aromatic heterocycles. The van der Waals surface area contributed by atoms with Crippen molar-refractivity contribution >= 4 is 11.8 Å². The average Bonchev–Trinajstić information content (AvgIpc) is 3.52. The molecule has 8 atom stereocenters. The number of epoxide rings is 1. The van der Waals surface area contributed by atoms with Gasteiger partial charge in [-0.15, -0.1) is 0 Å². The van der Waals surface area contributed by atoms with E-state index in [2.05, 4.69) is 13.8 Å². The number of carbonyl (C=O) groups is 2. The monoisotopic (exact) mass is 386 g/mol. The number of hydrogen-bond acceptors (Lipinski definition) is 4. The van der Waals surface area contributed by atoms with Gasteiger partial charge in [-0.25, -0.2) is 0 Å². The van der Waals surface area contributed by atoms with E-state index in [1.807, 2.05) is 0 Å². The van der Waals surface area contributed by atoms with Gasteiger partial charge in [0.25, 0.3) is 0 Å². The van der Waals surface area contributed by atoms with Crippen LogP contribution in [0.15, 0.2) is 11.1 Å². The number of aliphatic carboxylic acids is 1. The van der Waals surface area contributed by atoms with Crippen LogP contribution >= 0.6 is 0 Å². The summed E-state index contributed by atoms with van der Waals surface area (Å²) < 4.78 is 6.62. The predicted molar refractivity (Wildman–Crippen MR) is 100 cm³/mol. The van der Waals surface area contributed by atoms with E-state index in [0.717, 1.165) is 25.7 Å². The number of hydrogen-bond donors (Lipinski definition) is 2. The van der Waals surface area contributed by atoms with Crippen LogP contribution in [0.3, 0.4) is 0 Å². The Bertz CT molecular complexity index is 846. The molecule has 0 radical (unpaired) electrons. The van der Waals surface area contributed by atoms with Crippen LogP contribution in [0.25, 0.3) is 0 Å². The van der Waals surface area contributed by atoms with Crippen LogP contribution in [-0.4, -0.2) is 39.3 Å². The zero-order chi connectivity index (χ0) is 19.7. The zero-order valence-corrected chi connectivity index (χ0v) is 16.8. The summed E-state index contributed by atoms with van der Waals surface area (Å²) in [6.07, 6.45) is 6.28. The Kier molecular flexibility index (Phi) is 3.10. The van der Waals surface area contributed by atoms with Crippen molar-refractivity contribution in [1.29, 1.82) is 0 Å². The Balaban J connectivity index is 1.41. The highest BCUT2D eigenvalue weighted by molar-refractivity contribution is 5.84. The molecule has 6 aliphatic rings. The maximum Gasteiger partial charge on any atom is 0.303 e. The number of fused-ring (bicyclic) bond motifs is 5. The van der Waals surface area contributed by atoms with Crippen LogP contribution in [0.1, 0.15) is 71.6 Å². The van der Waals surface area contributed by atoms with E-state index in [4.69, 9.17) is 4.74 Å². The summed E-state index contributed by atoms with van der Waals surface area (Å²) in [6.45, 7) is 4.55. The van der Waals surface area contributed by atoms with Gasteiger partial charge in [0, 0.05) is 36.0 Å². The largest absolute Gasteiger partial charge is 0.481 e. The third-order valence-electron chi connectivity index (χ3n) is 10.2. The molecular formula is C23H30O5. The first-order valence-corrected chi connectivity index (χ1v) is 11.0. The summed E-state index contributed by atoms with van der Waals surface area (Å²) in [5, 5.41) is 20.8. The van der Waals surface area contributed by atoms with Crippen LogP contribution in [0.4, 0.5) is 0 Å². The second-order valence-electron chi connectivity index (χ2n) is 11.0. The van der Waals surface area contributed by atoms with Crippen LogP contribution in [0.2, 0.25) is 0 Å². The van der Waals surface area contributed by atoms with E-state index in [0.29, 0.717) is 49.2 Å². The Morgan fingerprint density at radius 1 is 1.29 bits per heavy atom. The van der Waals surface area contributed by atoms with Gasteiger partial charge >= 0.3 is 5.97 Å². The van der Waals surface area contributed by atoms with Crippen molar-refractivity contribution in [2.75, 3.05) is 0 Å². The van der Waals surface area contributed by atoms with Crippen molar-refractivity contribution in [2.24, 2.45) is 28.6 Å². The quantitative estimate of drug-likeness (QED) is 0.574. The lowest BCUT2D eigenvalue weighted by Crippen LogP contribution is -2.60. The van der Waals surface area contributed by atoms with Crippen LogP contribution < -0.4 is 0 Å².